The van der Waals surface area contributed by atoms with Crippen LogP contribution in [0.15, 0.2) is 46.4 Å². The van der Waals surface area contributed by atoms with Crippen molar-refractivity contribution in [1.82, 2.24) is 24.3 Å². The molecule has 2 aromatic rings. The summed E-state index contributed by atoms with van der Waals surface area (Å²) in [5.41, 5.74) is 0.0638. The van der Waals surface area contributed by atoms with Crippen molar-refractivity contribution in [2.45, 2.75) is 12.6 Å². The molecule has 0 radical (unpaired) electrons. The van der Waals surface area contributed by atoms with Crippen LogP contribution in [0.5, 0.6) is 0 Å². The van der Waals surface area contributed by atoms with Gasteiger partial charge in [-0.05, 0) is 11.6 Å². The lowest BCUT2D eigenvalue weighted by Crippen LogP contribution is -2.50. The van der Waals surface area contributed by atoms with E-state index >= 15 is 0 Å². The highest BCUT2D eigenvalue weighted by Crippen LogP contribution is 2.21. The Morgan fingerprint density at radius 3 is 2.96 bits per heavy atom. The maximum Gasteiger partial charge on any atom is 0.331 e. The number of hydrogen-bond acceptors (Lipinski definition) is 5. The van der Waals surface area contributed by atoms with Crippen LogP contribution < -0.4 is 16.6 Å². The molecule has 8 heteroatoms. The van der Waals surface area contributed by atoms with Crippen LogP contribution in [0.2, 0.25) is 0 Å². The molecule has 1 aliphatic heterocycles. The maximum atomic E-state index is 12.7. The second-order valence-electron chi connectivity index (χ2n) is 5.72. The number of pyridine rings is 1. The van der Waals surface area contributed by atoms with Gasteiger partial charge in [-0.2, -0.15) is 0 Å². The van der Waals surface area contributed by atoms with Crippen molar-refractivity contribution in [3.63, 3.8) is 0 Å². The van der Waals surface area contributed by atoms with Crippen molar-refractivity contribution in [3.8, 4) is 0 Å². The minimum absolute atomic E-state index is 0.0935. The summed E-state index contributed by atoms with van der Waals surface area (Å²) in [6.45, 7) is 1.80. The zero-order valence-corrected chi connectivity index (χ0v) is 13.4. The van der Waals surface area contributed by atoms with E-state index in [1.165, 1.54) is 23.9 Å². The third-order valence-corrected chi connectivity index (χ3v) is 4.20. The molecule has 0 spiro atoms. The van der Waals surface area contributed by atoms with Crippen molar-refractivity contribution >= 4 is 5.91 Å². The molecular formula is C16H19N5O3. The van der Waals surface area contributed by atoms with Gasteiger partial charge in [-0.25, -0.2) is 4.79 Å². The molecule has 3 rings (SSSR count). The van der Waals surface area contributed by atoms with E-state index in [-0.39, 0.29) is 24.1 Å². The molecule has 126 valence electrons. The third kappa shape index (κ3) is 3.13. The second kappa shape index (κ2) is 6.79. The first-order chi connectivity index (χ1) is 11.6. The van der Waals surface area contributed by atoms with Gasteiger partial charge in [0.05, 0.1) is 6.04 Å². The lowest BCUT2D eigenvalue weighted by atomic mass is 10.1. The first kappa shape index (κ1) is 16.1. The monoisotopic (exact) mass is 329 g/mol. The van der Waals surface area contributed by atoms with Crippen LogP contribution in [0.1, 0.15) is 11.6 Å². The van der Waals surface area contributed by atoms with Crippen molar-refractivity contribution < 1.29 is 4.79 Å². The highest BCUT2D eigenvalue weighted by atomic mass is 16.2. The summed E-state index contributed by atoms with van der Waals surface area (Å²) in [4.78, 5) is 42.1. The van der Waals surface area contributed by atoms with Crippen molar-refractivity contribution in [2.24, 2.45) is 7.05 Å². The molecule has 8 nitrogen and oxygen atoms in total. The molecule has 1 N–H and O–H groups in total. The number of rotatable bonds is 3. The van der Waals surface area contributed by atoms with E-state index in [9.17, 15) is 14.4 Å². The quantitative estimate of drug-likeness (QED) is 0.789. The molecule has 1 fully saturated rings. The third-order valence-electron chi connectivity index (χ3n) is 4.20. The summed E-state index contributed by atoms with van der Waals surface area (Å²) in [5.74, 6) is -0.161. The molecule has 2 aromatic heterocycles. The van der Waals surface area contributed by atoms with Crippen LogP contribution in [-0.4, -0.2) is 44.6 Å². The summed E-state index contributed by atoms with van der Waals surface area (Å²) >= 11 is 0. The average molecular weight is 329 g/mol. The van der Waals surface area contributed by atoms with Gasteiger partial charge < -0.3 is 10.2 Å². The molecule has 1 saturated heterocycles. The number of nitrogens with one attached hydrogen (secondary N) is 1. The fourth-order valence-corrected chi connectivity index (χ4v) is 2.85. The minimum atomic E-state index is -0.496. The normalized spacial score (nSPS) is 17.7. The Balaban J connectivity index is 1.84. The number of aromatic nitrogens is 3. The number of hydrogen-bond donors (Lipinski definition) is 1. The van der Waals surface area contributed by atoms with Crippen LogP contribution >= 0.6 is 0 Å². The summed E-state index contributed by atoms with van der Waals surface area (Å²) in [7, 11) is 1.40. The summed E-state index contributed by atoms with van der Waals surface area (Å²) in [5, 5.41) is 3.27. The van der Waals surface area contributed by atoms with E-state index in [1.54, 1.807) is 17.3 Å². The maximum absolute atomic E-state index is 12.7. The molecule has 0 saturated carbocycles. The zero-order chi connectivity index (χ0) is 17.1. The molecule has 1 unspecified atom stereocenters. The highest BCUT2D eigenvalue weighted by molar-refractivity contribution is 5.76. The molecule has 24 heavy (non-hydrogen) atoms. The Morgan fingerprint density at radius 2 is 2.21 bits per heavy atom. The van der Waals surface area contributed by atoms with Crippen LogP contribution in [0.3, 0.4) is 0 Å². The SMILES string of the molecule is Cn1c(=O)ccn(CC(=O)N2CCNCC2c2cccnc2)c1=O. The summed E-state index contributed by atoms with van der Waals surface area (Å²) in [6.07, 6.45) is 4.80. The van der Waals surface area contributed by atoms with Gasteiger partial charge in [0.1, 0.15) is 6.54 Å². The topological polar surface area (TPSA) is 89.2 Å². The first-order valence-electron chi connectivity index (χ1n) is 7.74. The van der Waals surface area contributed by atoms with E-state index in [0.717, 1.165) is 10.1 Å². The Hall–Kier alpha value is -2.74. The summed E-state index contributed by atoms with van der Waals surface area (Å²) < 4.78 is 2.25. The molecule has 1 amide bonds. The predicted octanol–water partition coefficient (Wildman–Crippen LogP) is -0.885. The minimum Gasteiger partial charge on any atom is -0.331 e. The van der Waals surface area contributed by atoms with Gasteiger partial charge in [0.15, 0.2) is 0 Å². The van der Waals surface area contributed by atoms with Gasteiger partial charge in [-0.3, -0.25) is 23.7 Å². The Bertz CT molecular complexity index is 843. The number of carbonyl (C=O) groups excluding carboxylic acids is 1. The molecule has 0 aliphatic carbocycles. The van der Waals surface area contributed by atoms with E-state index in [0.29, 0.717) is 19.6 Å². The van der Waals surface area contributed by atoms with Crippen molar-refractivity contribution in [3.05, 3.63) is 63.2 Å². The van der Waals surface area contributed by atoms with Crippen LogP contribution in [0.25, 0.3) is 0 Å². The van der Waals surface area contributed by atoms with Crippen molar-refractivity contribution in [1.29, 1.82) is 0 Å². The van der Waals surface area contributed by atoms with E-state index in [4.69, 9.17) is 0 Å². The number of nitrogens with zero attached hydrogens (tertiary/aromatic N) is 4. The zero-order valence-electron chi connectivity index (χ0n) is 13.4. The van der Waals surface area contributed by atoms with Crippen LogP contribution in [0, 0.1) is 0 Å². The molecule has 0 bridgehead atoms. The smallest absolute Gasteiger partial charge is 0.331 e. The summed E-state index contributed by atoms with van der Waals surface area (Å²) in [6, 6.07) is 4.93. The molecule has 1 atom stereocenters. The van der Waals surface area contributed by atoms with E-state index in [2.05, 4.69) is 10.3 Å². The van der Waals surface area contributed by atoms with Crippen LogP contribution in [-0.2, 0) is 18.4 Å². The predicted molar refractivity (Wildman–Crippen MR) is 87.5 cm³/mol. The second-order valence-corrected chi connectivity index (χ2v) is 5.72. The Kier molecular flexibility index (Phi) is 4.57. The van der Waals surface area contributed by atoms with Gasteiger partial charge in [0, 0.05) is 51.3 Å². The number of amides is 1. The van der Waals surface area contributed by atoms with E-state index in [1.807, 2.05) is 12.1 Å². The molecule has 0 aromatic carbocycles. The van der Waals surface area contributed by atoms with Crippen LogP contribution in [0.4, 0.5) is 0 Å². The number of carbonyl (C=O) groups is 1. The van der Waals surface area contributed by atoms with Gasteiger partial charge in [-0.15, -0.1) is 0 Å². The largest absolute Gasteiger partial charge is 0.331 e. The van der Waals surface area contributed by atoms with Gasteiger partial charge in [-0.1, -0.05) is 6.07 Å². The Labute approximate surface area is 138 Å². The molecule has 3 heterocycles. The molecule has 1 aliphatic rings. The van der Waals surface area contributed by atoms with E-state index < -0.39 is 5.69 Å². The van der Waals surface area contributed by atoms with Gasteiger partial charge in [0.2, 0.25) is 5.91 Å². The fourth-order valence-electron chi connectivity index (χ4n) is 2.85. The highest BCUT2D eigenvalue weighted by Gasteiger charge is 2.28. The molecular weight excluding hydrogens is 310 g/mol. The first-order valence-corrected chi connectivity index (χ1v) is 7.74. The Morgan fingerprint density at radius 1 is 1.38 bits per heavy atom. The fraction of sp³-hybridized carbons (Fsp3) is 0.375. The lowest BCUT2D eigenvalue weighted by Gasteiger charge is -2.36. The average Bonchev–Trinajstić information content (AvgIpc) is 2.63. The number of piperazine rings is 1. The van der Waals surface area contributed by atoms with Gasteiger partial charge in [0.25, 0.3) is 5.56 Å². The standard InChI is InChI=1S/C16H19N5O3/c1-19-14(22)4-7-20(16(19)24)11-15(23)21-8-6-18-10-13(21)12-3-2-5-17-9-12/h2-5,7,9,13,18H,6,8,10-11H2,1H3. The van der Waals surface area contributed by atoms with Crippen molar-refractivity contribution in [2.75, 3.05) is 19.6 Å². The van der Waals surface area contributed by atoms with Gasteiger partial charge >= 0.3 is 5.69 Å². The lowest BCUT2D eigenvalue weighted by molar-refractivity contribution is -0.135.